The predicted molar refractivity (Wildman–Crippen MR) is 316 cm³/mol. The molecule has 0 radical (unpaired) electrons. The van der Waals surface area contributed by atoms with Crippen LogP contribution in [0.2, 0.25) is 0 Å². The van der Waals surface area contributed by atoms with Crippen LogP contribution >= 0.6 is 0 Å². The summed E-state index contributed by atoms with van der Waals surface area (Å²) in [5.41, 5.74) is 0. The normalized spacial score (nSPS) is 19.9. The lowest BCUT2D eigenvalue weighted by Crippen LogP contribution is -2.60. The molecule has 1 saturated heterocycles. The van der Waals surface area contributed by atoms with Crippen LogP contribution in [0.25, 0.3) is 0 Å². The lowest BCUT2D eigenvalue weighted by molar-refractivity contribution is -0.303. The zero-order valence-electron chi connectivity index (χ0n) is 49.0. The molecule has 0 aromatic rings. The molecule has 0 bridgehead atoms. The van der Waals surface area contributed by atoms with Gasteiger partial charge in [0.15, 0.2) is 6.29 Å². The van der Waals surface area contributed by atoms with Gasteiger partial charge in [-0.2, -0.15) is 0 Å². The number of nitrogens with one attached hydrogen (secondary N) is 1. The molecule has 0 saturated carbocycles. The maximum atomic E-state index is 13.2. The van der Waals surface area contributed by atoms with E-state index in [1.54, 1.807) is 0 Å². The van der Waals surface area contributed by atoms with Crippen molar-refractivity contribution in [3.63, 3.8) is 0 Å². The summed E-state index contributed by atoms with van der Waals surface area (Å²) in [6.45, 7) is 3.45. The first kappa shape index (κ1) is 72.1. The molecule has 0 aliphatic carbocycles. The SMILES string of the molecule is CCCCCCCCCCC/C=C\CCCCCCC(O)C(=O)NC(COC1OC(CO)C(O)C(O)C1O)C(O)C(O)CCC/C=C/CC/C=C/CC/C=C/CCCCCCCCCCCCCCCCCCCCC. The van der Waals surface area contributed by atoms with Crippen LogP contribution < -0.4 is 5.32 Å². The second-order valence-corrected chi connectivity index (χ2v) is 22.5. The van der Waals surface area contributed by atoms with E-state index in [0.717, 1.165) is 57.8 Å². The average molecular weight is 1080 g/mol. The second kappa shape index (κ2) is 53.7. The fraction of sp³-hybridized carbons (Fsp3) is 0.862. The Labute approximate surface area is 466 Å². The number of aliphatic hydroxyl groups is 7. The van der Waals surface area contributed by atoms with E-state index in [4.69, 9.17) is 9.47 Å². The molecule has 0 spiro atoms. The van der Waals surface area contributed by atoms with E-state index < -0.39 is 74.2 Å². The van der Waals surface area contributed by atoms with Crippen molar-refractivity contribution in [2.75, 3.05) is 13.2 Å². The van der Waals surface area contributed by atoms with Crippen LogP contribution in [0, 0.1) is 0 Å². The van der Waals surface area contributed by atoms with Gasteiger partial charge in [-0.1, -0.05) is 249 Å². The van der Waals surface area contributed by atoms with Gasteiger partial charge in [0, 0.05) is 0 Å². The molecule has 1 heterocycles. The molecule has 1 amide bonds. The molecular weight excluding hydrogens is 955 g/mol. The van der Waals surface area contributed by atoms with Gasteiger partial charge in [-0.25, -0.2) is 0 Å². The topological polar surface area (TPSA) is 189 Å². The standard InChI is InChI=1S/C65H121NO10/c1-3-5-7-9-11-13-15-17-19-21-22-23-24-25-26-27-28-29-30-31-32-33-34-35-37-38-40-42-44-46-48-50-52-57(68)60(70)56(55-75-65-63(73)62(72)61(71)59(54-67)76-65)66-64(74)58(69)53-51-49-47-45-43-41-39-36-20-18-16-14-12-10-8-6-4-2/h32-33,37-39,41,44,46,56-63,65,67-73H,3-31,34-36,40,42-43,45,47-55H2,1-2H3,(H,66,74)/b33-32+,38-37+,41-39-,46-44+. The summed E-state index contributed by atoms with van der Waals surface area (Å²) in [7, 11) is 0. The van der Waals surface area contributed by atoms with E-state index in [9.17, 15) is 40.5 Å². The van der Waals surface area contributed by atoms with Crippen molar-refractivity contribution < 1.29 is 50.0 Å². The highest BCUT2D eigenvalue weighted by molar-refractivity contribution is 5.80. The molecule has 1 fully saturated rings. The maximum Gasteiger partial charge on any atom is 0.249 e. The summed E-state index contributed by atoms with van der Waals surface area (Å²) >= 11 is 0. The quantitative estimate of drug-likeness (QED) is 0.0215. The predicted octanol–water partition coefficient (Wildman–Crippen LogP) is 14.4. The highest BCUT2D eigenvalue weighted by atomic mass is 16.7. The molecule has 11 nitrogen and oxygen atoms in total. The van der Waals surface area contributed by atoms with Gasteiger partial charge in [-0.05, 0) is 89.9 Å². The van der Waals surface area contributed by atoms with Crippen LogP contribution in [-0.4, -0.2) is 110 Å². The Bertz CT molecular complexity index is 1370. The molecule has 1 aliphatic heterocycles. The average Bonchev–Trinajstić information content (AvgIpc) is 3.42. The van der Waals surface area contributed by atoms with Gasteiger partial charge in [0.1, 0.15) is 36.6 Å². The van der Waals surface area contributed by atoms with E-state index in [1.165, 1.54) is 186 Å². The van der Waals surface area contributed by atoms with Gasteiger partial charge in [0.05, 0.1) is 25.4 Å². The number of aliphatic hydroxyl groups excluding tert-OH is 7. The van der Waals surface area contributed by atoms with Crippen LogP contribution in [-0.2, 0) is 14.3 Å². The highest BCUT2D eigenvalue weighted by Crippen LogP contribution is 2.23. The molecule has 1 rings (SSSR count). The summed E-state index contributed by atoms with van der Waals surface area (Å²) in [5, 5.41) is 76.2. The molecule has 9 atom stereocenters. The van der Waals surface area contributed by atoms with E-state index in [1.807, 2.05) is 0 Å². The molecule has 11 heteroatoms. The van der Waals surface area contributed by atoms with Crippen LogP contribution in [0.5, 0.6) is 0 Å². The van der Waals surface area contributed by atoms with Crippen LogP contribution in [0.3, 0.4) is 0 Å². The fourth-order valence-corrected chi connectivity index (χ4v) is 10.1. The van der Waals surface area contributed by atoms with Gasteiger partial charge >= 0.3 is 0 Å². The smallest absolute Gasteiger partial charge is 0.249 e. The summed E-state index contributed by atoms with van der Waals surface area (Å²) in [6, 6.07) is -1.20. The molecule has 76 heavy (non-hydrogen) atoms. The summed E-state index contributed by atoms with van der Waals surface area (Å²) in [6.07, 6.45) is 57.6. The highest BCUT2D eigenvalue weighted by Gasteiger charge is 2.44. The largest absolute Gasteiger partial charge is 0.394 e. The van der Waals surface area contributed by atoms with Gasteiger partial charge in [-0.3, -0.25) is 4.79 Å². The Balaban J connectivity index is 2.27. The van der Waals surface area contributed by atoms with E-state index in [0.29, 0.717) is 19.3 Å². The first-order valence-corrected chi connectivity index (χ1v) is 32.0. The van der Waals surface area contributed by atoms with E-state index >= 15 is 0 Å². The first-order chi connectivity index (χ1) is 37.2. The Hall–Kier alpha value is -1.93. The summed E-state index contributed by atoms with van der Waals surface area (Å²) in [5.74, 6) is -0.720. The van der Waals surface area contributed by atoms with Gasteiger partial charge < -0.3 is 50.5 Å². The van der Waals surface area contributed by atoms with Gasteiger partial charge in [0.2, 0.25) is 5.91 Å². The van der Waals surface area contributed by atoms with Gasteiger partial charge in [-0.15, -0.1) is 0 Å². The Morgan fingerprint density at radius 1 is 0.447 bits per heavy atom. The number of allylic oxidation sites excluding steroid dienone is 8. The van der Waals surface area contributed by atoms with Crippen LogP contribution in [0.15, 0.2) is 48.6 Å². The third-order valence-electron chi connectivity index (χ3n) is 15.3. The van der Waals surface area contributed by atoms with Crippen molar-refractivity contribution in [2.24, 2.45) is 0 Å². The number of amides is 1. The maximum absolute atomic E-state index is 13.2. The summed E-state index contributed by atoms with van der Waals surface area (Å²) < 4.78 is 11.1. The number of hydrogen-bond acceptors (Lipinski definition) is 10. The van der Waals surface area contributed by atoms with E-state index in [-0.39, 0.29) is 12.8 Å². The van der Waals surface area contributed by atoms with Crippen molar-refractivity contribution >= 4 is 5.91 Å². The number of unbranched alkanes of at least 4 members (excludes halogenated alkanes) is 35. The number of rotatable bonds is 55. The molecule has 1 aliphatic rings. The second-order valence-electron chi connectivity index (χ2n) is 22.5. The number of carbonyl (C=O) groups excluding carboxylic acids is 1. The minimum Gasteiger partial charge on any atom is -0.394 e. The number of hydrogen-bond donors (Lipinski definition) is 8. The van der Waals surface area contributed by atoms with Crippen molar-refractivity contribution in [3.8, 4) is 0 Å². The molecule has 0 aromatic heterocycles. The van der Waals surface area contributed by atoms with Gasteiger partial charge in [0.25, 0.3) is 0 Å². The minimum atomic E-state index is -1.68. The zero-order chi connectivity index (χ0) is 55.4. The molecule has 9 unspecified atom stereocenters. The van der Waals surface area contributed by atoms with Crippen molar-refractivity contribution in [1.29, 1.82) is 0 Å². The van der Waals surface area contributed by atoms with Crippen LogP contribution in [0.4, 0.5) is 0 Å². The Kier molecular flexibility index (Phi) is 50.9. The van der Waals surface area contributed by atoms with Crippen molar-refractivity contribution in [2.45, 2.75) is 345 Å². The lowest BCUT2D eigenvalue weighted by atomic mass is 9.98. The van der Waals surface area contributed by atoms with Crippen LogP contribution in [0.1, 0.15) is 290 Å². The molecular formula is C65H121NO10. The Morgan fingerprint density at radius 2 is 0.789 bits per heavy atom. The third kappa shape index (κ3) is 41.1. The third-order valence-corrected chi connectivity index (χ3v) is 15.3. The molecule has 0 aromatic carbocycles. The first-order valence-electron chi connectivity index (χ1n) is 32.0. The summed E-state index contributed by atoms with van der Waals surface area (Å²) in [4.78, 5) is 13.2. The lowest BCUT2D eigenvalue weighted by Gasteiger charge is -2.40. The Morgan fingerprint density at radius 3 is 1.17 bits per heavy atom. The number of ether oxygens (including phenoxy) is 2. The fourth-order valence-electron chi connectivity index (χ4n) is 10.1. The number of carbonyl (C=O) groups is 1. The molecule has 8 N–H and O–H groups in total. The minimum absolute atomic E-state index is 0.235. The zero-order valence-corrected chi connectivity index (χ0v) is 49.0. The van der Waals surface area contributed by atoms with Crippen molar-refractivity contribution in [3.05, 3.63) is 48.6 Å². The van der Waals surface area contributed by atoms with E-state index in [2.05, 4.69) is 67.8 Å². The monoisotopic (exact) mass is 1080 g/mol. The molecule has 446 valence electrons. The van der Waals surface area contributed by atoms with Crippen molar-refractivity contribution in [1.82, 2.24) is 5.32 Å².